The molecule has 0 saturated carbocycles. The molecule has 25 heavy (non-hydrogen) atoms. The summed E-state index contributed by atoms with van der Waals surface area (Å²) in [5, 5.41) is 38.4. The van der Waals surface area contributed by atoms with Crippen LogP contribution in [0, 0.1) is 0 Å². The predicted molar refractivity (Wildman–Crippen MR) is 87.2 cm³/mol. The summed E-state index contributed by atoms with van der Waals surface area (Å²) in [5.41, 5.74) is 5.31. The van der Waals surface area contributed by atoms with Crippen molar-refractivity contribution >= 4 is 17.9 Å². The minimum atomic E-state index is -1.32. The summed E-state index contributed by atoms with van der Waals surface area (Å²) in [6.07, 6.45) is -3.00. The lowest BCUT2D eigenvalue weighted by atomic mass is 9.96. The van der Waals surface area contributed by atoms with E-state index in [1.54, 1.807) is 4.90 Å². The highest BCUT2D eigenvalue weighted by atomic mass is 16.6. The van der Waals surface area contributed by atoms with Crippen LogP contribution < -0.4 is 5.73 Å². The quantitative estimate of drug-likeness (QED) is 0.328. The Balaban J connectivity index is 1.82. The van der Waals surface area contributed by atoms with Crippen LogP contribution in [-0.2, 0) is 9.47 Å². The van der Waals surface area contributed by atoms with E-state index in [4.69, 9.17) is 20.3 Å². The van der Waals surface area contributed by atoms with Gasteiger partial charge in [-0.1, -0.05) is 0 Å². The summed E-state index contributed by atoms with van der Waals surface area (Å²) in [6.45, 7) is -0.641. The summed E-state index contributed by atoms with van der Waals surface area (Å²) in [5.74, 6) is 0.403. The van der Waals surface area contributed by atoms with E-state index in [2.05, 4.69) is 15.0 Å². The van der Waals surface area contributed by atoms with Crippen LogP contribution in [0.25, 0.3) is 0 Å². The molecule has 0 bridgehead atoms. The van der Waals surface area contributed by atoms with Crippen LogP contribution in [0.2, 0.25) is 0 Å². The Morgan fingerprint density at radius 2 is 2.28 bits per heavy atom. The van der Waals surface area contributed by atoms with Gasteiger partial charge in [0.05, 0.1) is 19.3 Å². The lowest BCUT2D eigenvalue weighted by Gasteiger charge is -2.33. The van der Waals surface area contributed by atoms with E-state index >= 15 is 0 Å². The Morgan fingerprint density at radius 3 is 2.92 bits per heavy atom. The molecule has 0 radical (unpaired) electrons. The van der Waals surface area contributed by atoms with Gasteiger partial charge in [-0.2, -0.15) is 0 Å². The molecule has 0 aromatic carbocycles. The Labute approximate surface area is 144 Å². The van der Waals surface area contributed by atoms with Gasteiger partial charge < -0.3 is 40.5 Å². The van der Waals surface area contributed by atoms with Gasteiger partial charge in [-0.15, -0.1) is 0 Å². The molecular weight excluding hydrogens is 334 g/mol. The van der Waals surface area contributed by atoms with Crippen molar-refractivity contribution in [2.45, 2.75) is 42.7 Å². The van der Waals surface area contributed by atoms with Gasteiger partial charge in [-0.3, -0.25) is 4.99 Å². The molecule has 2 unspecified atom stereocenters. The topological polar surface area (TPSA) is 166 Å². The van der Waals surface area contributed by atoms with E-state index in [1.165, 1.54) is 13.4 Å². The van der Waals surface area contributed by atoms with Crippen molar-refractivity contribution in [3.63, 3.8) is 0 Å². The maximum Gasteiger partial charge on any atom is 0.162 e. The third-order valence-electron chi connectivity index (χ3n) is 4.57. The molecule has 0 aliphatic carbocycles. The Morgan fingerprint density at radius 1 is 1.52 bits per heavy atom. The van der Waals surface area contributed by atoms with Gasteiger partial charge in [0.25, 0.3) is 0 Å². The van der Waals surface area contributed by atoms with Gasteiger partial charge in [0.1, 0.15) is 37.0 Å². The smallest absolute Gasteiger partial charge is 0.162 e. The molecule has 6 N–H and O–H groups in total. The third-order valence-corrected chi connectivity index (χ3v) is 4.57. The largest absolute Gasteiger partial charge is 0.394 e. The first-order valence-corrected chi connectivity index (χ1v) is 7.93. The molecule has 0 aromatic rings. The second-order valence-electron chi connectivity index (χ2n) is 6.22. The lowest BCUT2D eigenvalue weighted by Crippen LogP contribution is -2.57. The SMILES string of the molecule is CO[C@@H]1[C@H](O)[C@@H](CO)O[C@H]1N1CN=C2C1=NC=NC2(N)CC(O)CO. The standard InChI is InChI=1S/C14H23N5O6/c1-24-10-9(23)8(4-21)25-13(10)19-6-17-11-12(19)16-5-18-14(11,15)2-7(22)3-20/h5,7-10,13,20-23H,2-4,6,15H2,1H3/t7?,8-,9-,10-,13-,14?/m1/s1. The molecule has 140 valence electrons. The highest BCUT2D eigenvalue weighted by Crippen LogP contribution is 2.31. The van der Waals surface area contributed by atoms with Gasteiger partial charge in [0.2, 0.25) is 0 Å². The molecule has 3 aliphatic heterocycles. The van der Waals surface area contributed by atoms with Crippen LogP contribution in [0.1, 0.15) is 6.42 Å². The number of aliphatic imine (C=N–C) groups is 3. The van der Waals surface area contributed by atoms with Gasteiger partial charge in [-0.25, -0.2) is 9.98 Å². The summed E-state index contributed by atoms with van der Waals surface area (Å²) in [7, 11) is 1.44. The first kappa shape index (κ1) is 18.3. The first-order chi connectivity index (χ1) is 11.9. The number of aliphatic hydroxyl groups is 4. The second-order valence-corrected chi connectivity index (χ2v) is 6.22. The number of amidine groups is 1. The Bertz CT molecular complexity index is 598. The predicted octanol–water partition coefficient (Wildman–Crippen LogP) is -3.37. The van der Waals surface area contributed by atoms with Crippen molar-refractivity contribution in [3.8, 4) is 0 Å². The van der Waals surface area contributed by atoms with Crippen molar-refractivity contribution in [1.82, 2.24) is 4.90 Å². The fraction of sp³-hybridized carbons (Fsp3) is 0.786. The molecule has 0 amide bonds. The second kappa shape index (κ2) is 7.03. The summed E-state index contributed by atoms with van der Waals surface area (Å²) >= 11 is 0. The number of nitrogens with two attached hydrogens (primary N) is 1. The molecular formula is C14H23N5O6. The van der Waals surface area contributed by atoms with Crippen molar-refractivity contribution in [2.24, 2.45) is 20.7 Å². The minimum absolute atomic E-state index is 0.0210. The number of nitrogens with zero attached hydrogens (tertiary/aromatic N) is 4. The maximum atomic E-state index is 10.2. The zero-order valence-electron chi connectivity index (χ0n) is 13.8. The lowest BCUT2D eigenvalue weighted by molar-refractivity contribution is -0.0765. The van der Waals surface area contributed by atoms with Gasteiger partial charge >= 0.3 is 0 Å². The molecule has 1 saturated heterocycles. The Kier molecular flexibility index (Phi) is 5.16. The van der Waals surface area contributed by atoms with E-state index in [0.29, 0.717) is 11.5 Å². The molecule has 0 aromatic heterocycles. The van der Waals surface area contributed by atoms with Crippen LogP contribution in [0.3, 0.4) is 0 Å². The number of hydrogen-bond acceptors (Lipinski definition) is 11. The molecule has 3 heterocycles. The summed E-state index contributed by atoms with van der Waals surface area (Å²) in [4.78, 5) is 14.4. The van der Waals surface area contributed by atoms with Crippen LogP contribution in [0.4, 0.5) is 0 Å². The average molecular weight is 357 g/mol. The Hall–Kier alpha value is -1.47. The third kappa shape index (κ3) is 3.08. The van der Waals surface area contributed by atoms with Gasteiger partial charge in [-0.05, 0) is 0 Å². The van der Waals surface area contributed by atoms with Gasteiger partial charge in [0, 0.05) is 13.5 Å². The molecule has 11 heteroatoms. The fourth-order valence-electron chi connectivity index (χ4n) is 3.28. The highest BCUT2D eigenvalue weighted by molar-refractivity contribution is 6.47. The molecule has 3 rings (SSSR count). The monoisotopic (exact) mass is 357 g/mol. The molecule has 3 aliphatic rings. The normalized spacial score (nSPS) is 38.6. The minimum Gasteiger partial charge on any atom is -0.394 e. The number of rotatable bonds is 6. The number of fused-ring (bicyclic) bond motifs is 1. The molecule has 1 fully saturated rings. The zero-order valence-corrected chi connectivity index (χ0v) is 13.8. The van der Waals surface area contributed by atoms with E-state index < -0.39 is 42.9 Å². The fourth-order valence-corrected chi connectivity index (χ4v) is 3.28. The maximum absolute atomic E-state index is 10.2. The molecule has 6 atom stereocenters. The number of hydrogen-bond donors (Lipinski definition) is 5. The summed E-state index contributed by atoms with van der Waals surface area (Å²) in [6, 6.07) is 0. The number of methoxy groups -OCH3 is 1. The van der Waals surface area contributed by atoms with Crippen molar-refractivity contribution in [3.05, 3.63) is 0 Å². The summed E-state index contributed by atoms with van der Waals surface area (Å²) < 4.78 is 11.0. The van der Waals surface area contributed by atoms with E-state index in [9.17, 15) is 15.3 Å². The van der Waals surface area contributed by atoms with Crippen LogP contribution >= 0.6 is 0 Å². The van der Waals surface area contributed by atoms with Gasteiger partial charge in [0.15, 0.2) is 17.7 Å². The average Bonchev–Trinajstić information content (AvgIpc) is 3.16. The highest BCUT2D eigenvalue weighted by Gasteiger charge is 2.51. The number of ether oxygens (including phenoxy) is 2. The van der Waals surface area contributed by atoms with E-state index in [1.807, 2.05) is 0 Å². The van der Waals surface area contributed by atoms with Crippen molar-refractivity contribution < 1.29 is 29.9 Å². The van der Waals surface area contributed by atoms with Crippen LogP contribution in [-0.4, -0.2) is 107 Å². The molecule has 0 spiro atoms. The van der Waals surface area contributed by atoms with E-state index in [-0.39, 0.29) is 19.7 Å². The first-order valence-electron chi connectivity index (χ1n) is 7.93. The van der Waals surface area contributed by atoms with E-state index in [0.717, 1.165) is 0 Å². The zero-order chi connectivity index (χ0) is 18.2. The van der Waals surface area contributed by atoms with Crippen molar-refractivity contribution in [2.75, 3.05) is 27.0 Å². The van der Waals surface area contributed by atoms with Crippen molar-refractivity contribution in [1.29, 1.82) is 0 Å². The number of aliphatic hydroxyl groups excluding tert-OH is 4. The molecule has 11 nitrogen and oxygen atoms in total. The van der Waals surface area contributed by atoms with Crippen LogP contribution in [0.15, 0.2) is 15.0 Å². The van der Waals surface area contributed by atoms with Crippen LogP contribution in [0.5, 0.6) is 0 Å².